The predicted molar refractivity (Wildman–Crippen MR) is 60.4 cm³/mol. The summed E-state index contributed by atoms with van der Waals surface area (Å²) in [6, 6.07) is 6.12. The molecule has 0 bridgehead atoms. The van der Waals surface area contributed by atoms with E-state index in [0.717, 1.165) is 24.2 Å². The maximum Gasteiger partial charge on any atom is 0.123 e. The van der Waals surface area contributed by atoms with Gasteiger partial charge in [0.1, 0.15) is 5.82 Å². The first-order valence-electron chi connectivity index (χ1n) is 5.03. The van der Waals surface area contributed by atoms with E-state index >= 15 is 0 Å². The van der Waals surface area contributed by atoms with Crippen molar-refractivity contribution in [2.75, 3.05) is 5.88 Å². The number of benzene rings is 1. The standard InChI is InChI=1S/C11H11ClFN3/c12-7-1-2-10-8-16(15-14-10)11-5-3-9(13)4-6-11/h3-6,8H,1-2,7H2. The van der Waals surface area contributed by atoms with E-state index in [1.165, 1.54) is 12.1 Å². The number of rotatable bonds is 4. The molecular weight excluding hydrogens is 229 g/mol. The minimum Gasteiger partial charge on any atom is -0.220 e. The van der Waals surface area contributed by atoms with Crippen molar-refractivity contribution in [3.05, 3.63) is 42.0 Å². The van der Waals surface area contributed by atoms with Gasteiger partial charge in [0.25, 0.3) is 0 Å². The van der Waals surface area contributed by atoms with Crippen LogP contribution in [0.3, 0.4) is 0 Å². The van der Waals surface area contributed by atoms with Crippen molar-refractivity contribution in [1.82, 2.24) is 15.0 Å². The minimum atomic E-state index is -0.258. The Bertz CT molecular complexity index is 453. The number of aromatic nitrogens is 3. The van der Waals surface area contributed by atoms with Crippen LogP contribution in [0.25, 0.3) is 5.69 Å². The summed E-state index contributed by atoms with van der Waals surface area (Å²) in [5.41, 5.74) is 1.69. The first-order valence-corrected chi connectivity index (χ1v) is 5.56. The maximum absolute atomic E-state index is 12.7. The second kappa shape index (κ2) is 5.07. The molecule has 84 valence electrons. The number of alkyl halides is 1. The third-order valence-electron chi connectivity index (χ3n) is 2.20. The van der Waals surface area contributed by atoms with Crippen molar-refractivity contribution >= 4 is 11.6 Å². The van der Waals surface area contributed by atoms with E-state index in [-0.39, 0.29) is 5.82 Å². The zero-order valence-electron chi connectivity index (χ0n) is 8.61. The third-order valence-corrected chi connectivity index (χ3v) is 2.47. The largest absolute Gasteiger partial charge is 0.220 e. The average molecular weight is 240 g/mol. The Morgan fingerprint density at radius 3 is 2.69 bits per heavy atom. The van der Waals surface area contributed by atoms with Crippen molar-refractivity contribution in [3.8, 4) is 5.69 Å². The lowest BCUT2D eigenvalue weighted by molar-refractivity contribution is 0.626. The highest BCUT2D eigenvalue weighted by atomic mass is 35.5. The quantitative estimate of drug-likeness (QED) is 0.768. The second-order valence-corrected chi connectivity index (χ2v) is 3.80. The van der Waals surface area contributed by atoms with Gasteiger partial charge < -0.3 is 0 Å². The number of halogens is 2. The predicted octanol–water partition coefficient (Wildman–Crippen LogP) is 2.58. The smallest absolute Gasteiger partial charge is 0.123 e. The molecule has 0 unspecified atom stereocenters. The van der Waals surface area contributed by atoms with Gasteiger partial charge in [-0.15, -0.1) is 16.7 Å². The maximum atomic E-state index is 12.7. The van der Waals surface area contributed by atoms with Gasteiger partial charge >= 0.3 is 0 Å². The summed E-state index contributed by atoms with van der Waals surface area (Å²) < 4.78 is 14.3. The van der Waals surface area contributed by atoms with Gasteiger partial charge in [0.2, 0.25) is 0 Å². The molecule has 0 aliphatic heterocycles. The molecular formula is C11H11ClFN3. The first kappa shape index (κ1) is 11.1. The van der Waals surface area contributed by atoms with E-state index in [1.54, 1.807) is 16.8 Å². The average Bonchev–Trinajstić information content (AvgIpc) is 2.76. The van der Waals surface area contributed by atoms with E-state index in [1.807, 2.05) is 6.20 Å². The molecule has 0 aliphatic rings. The van der Waals surface area contributed by atoms with Crippen molar-refractivity contribution in [1.29, 1.82) is 0 Å². The molecule has 0 saturated heterocycles. The zero-order chi connectivity index (χ0) is 11.4. The van der Waals surface area contributed by atoms with Crippen LogP contribution in [0.4, 0.5) is 4.39 Å². The van der Waals surface area contributed by atoms with Gasteiger partial charge in [-0.1, -0.05) is 5.21 Å². The summed E-state index contributed by atoms with van der Waals surface area (Å²) in [6.45, 7) is 0. The van der Waals surface area contributed by atoms with Gasteiger partial charge in [0.15, 0.2) is 0 Å². The van der Waals surface area contributed by atoms with Crippen molar-refractivity contribution in [2.24, 2.45) is 0 Å². The minimum absolute atomic E-state index is 0.258. The van der Waals surface area contributed by atoms with E-state index < -0.39 is 0 Å². The molecule has 5 heteroatoms. The molecule has 1 aromatic heterocycles. The van der Waals surface area contributed by atoms with Crippen LogP contribution in [0.2, 0.25) is 0 Å². The highest BCUT2D eigenvalue weighted by Gasteiger charge is 2.02. The SMILES string of the molecule is Fc1ccc(-n2cc(CCCCl)nn2)cc1. The van der Waals surface area contributed by atoms with E-state index in [0.29, 0.717) is 5.88 Å². The van der Waals surface area contributed by atoms with Crippen LogP contribution in [0.1, 0.15) is 12.1 Å². The number of aryl methyl sites for hydroxylation is 1. The molecule has 3 nitrogen and oxygen atoms in total. The Hall–Kier alpha value is -1.42. The molecule has 0 atom stereocenters. The van der Waals surface area contributed by atoms with Gasteiger partial charge in [0.05, 0.1) is 17.6 Å². The zero-order valence-corrected chi connectivity index (χ0v) is 9.36. The lowest BCUT2D eigenvalue weighted by Crippen LogP contribution is -1.94. The molecule has 0 fully saturated rings. The van der Waals surface area contributed by atoms with E-state index in [4.69, 9.17) is 11.6 Å². The van der Waals surface area contributed by atoms with E-state index in [9.17, 15) is 4.39 Å². The fraction of sp³-hybridized carbons (Fsp3) is 0.273. The van der Waals surface area contributed by atoms with Gasteiger partial charge in [-0.05, 0) is 37.1 Å². The molecule has 0 aliphatic carbocycles. The first-order chi connectivity index (χ1) is 7.79. The lowest BCUT2D eigenvalue weighted by Gasteiger charge is -1.98. The number of hydrogen-bond acceptors (Lipinski definition) is 2. The van der Waals surface area contributed by atoms with Crippen LogP contribution in [0.5, 0.6) is 0 Å². The van der Waals surface area contributed by atoms with Crippen LogP contribution in [0, 0.1) is 5.82 Å². The molecule has 2 aromatic rings. The molecule has 2 rings (SSSR count). The summed E-state index contributed by atoms with van der Waals surface area (Å²) in [6.07, 6.45) is 3.52. The summed E-state index contributed by atoms with van der Waals surface area (Å²) in [5.74, 6) is 0.356. The fourth-order valence-electron chi connectivity index (χ4n) is 1.38. The highest BCUT2D eigenvalue weighted by Crippen LogP contribution is 2.09. The summed E-state index contributed by atoms with van der Waals surface area (Å²) in [7, 11) is 0. The van der Waals surface area contributed by atoms with Crippen LogP contribution in [-0.2, 0) is 6.42 Å². The van der Waals surface area contributed by atoms with Gasteiger partial charge in [-0.2, -0.15) is 0 Å². The van der Waals surface area contributed by atoms with Crippen molar-refractivity contribution in [3.63, 3.8) is 0 Å². The summed E-state index contributed by atoms with van der Waals surface area (Å²) in [5, 5.41) is 7.98. The van der Waals surface area contributed by atoms with Crippen molar-refractivity contribution < 1.29 is 4.39 Å². The molecule has 0 N–H and O–H groups in total. The molecule has 0 radical (unpaired) electrons. The highest BCUT2D eigenvalue weighted by molar-refractivity contribution is 6.17. The Labute approximate surface area is 97.8 Å². The monoisotopic (exact) mass is 239 g/mol. The third kappa shape index (κ3) is 2.58. The van der Waals surface area contributed by atoms with Crippen LogP contribution in [0.15, 0.2) is 30.5 Å². The summed E-state index contributed by atoms with van der Waals surface area (Å²) in [4.78, 5) is 0. The van der Waals surface area contributed by atoms with Gasteiger partial charge in [-0.3, -0.25) is 0 Å². The molecule has 1 heterocycles. The lowest BCUT2D eigenvalue weighted by atomic mass is 10.3. The Balaban J connectivity index is 2.15. The van der Waals surface area contributed by atoms with Crippen LogP contribution in [-0.4, -0.2) is 20.9 Å². The topological polar surface area (TPSA) is 30.7 Å². The molecule has 1 aromatic carbocycles. The molecule has 0 saturated carbocycles. The molecule has 16 heavy (non-hydrogen) atoms. The Kier molecular flexibility index (Phi) is 3.51. The number of hydrogen-bond donors (Lipinski definition) is 0. The second-order valence-electron chi connectivity index (χ2n) is 3.42. The summed E-state index contributed by atoms with van der Waals surface area (Å²) >= 11 is 5.60. The normalized spacial score (nSPS) is 10.6. The Morgan fingerprint density at radius 2 is 2.00 bits per heavy atom. The van der Waals surface area contributed by atoms with Gasteiger partial charge in [-0.25, -0.2) is 9.07 Å². The number of nitrogens with zero attached hydrogens (tertiary/aromatic N) is 3. The fourth-order valence-corrected chi connectivity index (χ4v) is 1.51. The molecule has 0 spiro atoms. The Morgan fingerprint density at radius 1 is 1.25 bits per heavy atom. The molecule has 0 amide bonds. The van der Waals surface area contributed by atoms with Gasteiger partial charge in [0, 0.05) is 5.88 Å². The van der Waals surface area contributed by atoms with E-state index in [2.05, 4.69) is 10.3 Å². The van der Waals surface area contributed by atoms with Crippen molar-refractivity contribution in [2.45, 2.75) is 12.8 Å². The van der Waals surface area contributed by atoms with Crippen LogP contribution >= 0.6 is 11.6 Å². The van der Waals surface area contributed by atoms with Crippen LogP contribution < -0.4 is 0 Å².